The van der Waals surface area contributed by atoms with Gasteiger partial charge in [-0.05, 0) is 18.4 Å². The average Bonchev–Trinajstić information content (AvgIpc) is 2.90. The minimum absolute atomic E-state index is 0.552. The van der Waals surface area contributed by atoms with Crippen LogP contribution in [0.3, 0.4) is 0 Å². The van der Waals surface area contributed by atoms with E-state index in [0.29, 0.717) is 11.0 Å². The van der Waals surface area contributed by atoms with Crippen molar-refractivity contribution in [1.29, 1.82) is 0 Å². The van der Waals surface area contributed by atoms with Gasteiger partial charge in [0, 0.05) is 0 Å². The molecule has 96 valence electrons. The predicted octanol–water partition coefficient (Wildman–Crippen LogP) is 2.55. The summed E-state index contributed by atoms with van der Waals surface area (Å²) in [5, 5.41) is 5.85. The number of hydrogen-bond acceptors (Lipinski definition) is 5. The molecule has 0 saturated carbocycles. The zero-order valence-corrected chi connectivity index (χ0v) is 11.4. The van der Waals surface area contributed by atoms with Crippen LogP contribution in [0.5, 0.6) is 5.88 Å². The smallest absolute Gasteiger partial charge is 0.228 e. The van der Waals surface area contributed by atoms with E-state index in [-0.39, 0.29) is 0 Å². The Morgan fingerprint density at radius 1 is 1.16 bits per heavy atom. The predicted molar refractivity (Wildman–Crippen MR) is 75.0 cm³/mol. The molecule has 0 saturated heterocycles. The van der Waals surface area contributed by atoms with Crippen molar-refractivity contribution < 1.29 is 4.74 Å². The molecule has 3 aromatic rings. The SMILES string of the molecule is COc1nc(SC)nc2c1cnn2-c1ccccc1. The number of benzene rings is 1. The Kier molecular flexibility index (Phi) is 3.08. The lowest BCUT2D eigenvalue weighted by molar-refractivity contribution is 0.398. The summed E-state index contributed by atoms with van der Waals surface area (Å²) in [7, 11) is 1.60. The molecule has 2 heterocycles. The largest absolute Gasteiger partial charge is 0.480 e. The average molecular weight is 272 g/mol. The van der Waals surface area contributed by atoms with Crippen LogP contribution in [0.15, 0.2) is 41.7 Å². The second kappa shape index (κ2) is 4.89. The van der Waals surface area contributed by atoms with E-state index < -0.39 is 0 Å². The molecule has 19 heavy (non-hydrogen) atoms. The summed E-state index contributed by atoms with van der Waals surface area (Å²) < 4.78 is 7.09. The van der Waals surface area contributed by atoms with Crippen molar-refractivity contribution in [2.24, 2.45) is 0 Å². The maximum atomic E-state index is 5.30. The van der Waals surface area contributed by atoms with Gasteiger partial charge in [-0.2, -0.15) is 10.1 Å². The van der Waals surface area contributed by atoms with Crippen LogP contribution in [0.2, 0.25) is 0 Å². The minimum atomic E-state index is 0.552. The van der Waals surface area contributed by atoms with Crippen molar-refractivity contribution in [3.8, 4) is 11.6 Å². The van der Waals surface area contributed by atoms with Gasteiger partial charge in [0.15, 0.2) is 10.8 Å². The molecule has 3 rings (SSSR count). The molecule has 0 amide bonds. The van der Waals surface area contributed by atoms with Gasteiger partial charge in [0.25, 0.3) is 0 Å². The first-order valence-electron chi connectivity index (χ1n) is 5.72. The lowest BCUT2D eigenvalue weighted by Gasteiger charge is -2.05. The van der Waals surface area contributed by atoms with Crippen molar-refractivity contribution in [1.82, 2.24) is 19.7 Å². The molecule has 0 radical (unpaired) electrons. The Labute approximate surface area is 114 Å². The fourth-order valence-corrected chi connectivity index (χ4v) is 2.22. The van der Waals surface area contributed by atoms with Crippen molar-refractivity contribution in [2.45, 2.75) is 5.16 Å². The van der Waals surface area contributed by atoms with Gasteiger partial charge in [-0.1, -0.05) is 30.0 Å². The molecule has 0 atom stereocenters. The lowest BCUT2D eigenvalue weighted by Crippen LogP contribution is -1.99. The number of rotatable bonds is 3. The third kappa shape index (κ3) is 2.04. The molecule has 0 bridgehead atoms. The number of methoxy groups -OCH3 is 1. The molecule has 1 aromatic carbocycles. The van der Waals surface area contributed by atoms with Crippen LogP contribution >= 0.6 is 11.8 Å². The summed E-state index contributed by atoms with van der Waals surface area (Å²) in [5.74, 6) is 0.552. The number of fused-ring (bicyclic) bond motifs is 1. The fourth-order valence-electron chi connectivity index (χ4n) is 1.87. The van der Waals surface area contributed by atoms with Crippen LogP contribution in [0.25, 0.3) is 16.7 Å². The van der Waals surface area contributed by atoms with Crippen LogP contribution in [-0.4, -0.2) is 33.1 Å². The van der Waals surface area contributed by atoms with E-state index >= 15 is 0 Å². The van der Waals surface area contributed by atoms with Gasteiger partial charge in [-0.3, -0.25) is 0 Å². The van der Waals surface area contributed by atoms with Gasteiger partial charge in [-0.15, -0.1) is 0 Å². The Morgan fingerprint density at radius 2 is 1.95 bits per heavy atom. The molecule has 5 nitrogen and oxygen atoms in total. The zero-order chi connectivity index (χ0) is 13.2. The second-order valence-corrected chi connectivity index (χ2v) is 4.62. The van der Waals surface area contributed by atoms with E-state index in [1.807, 2.05) is 36.6 Å². The Balaban J connectivity index is 2.27. The summed E-state index contributed by atoms with van der Waals surface area (Å²) in [4.78, 5) is 8.83. The van der Waals surface area contributed by atoms with E-state index in [2.05, 4.69) is 15.1 Å². The molecule has 0 unspecified atom stereocenters. The van der Waals surface area contributed by atoms with Gasteiger partial charge in [0.05, 0.1) is 19.0 Å². The molecule has 2 aromatic heterocycles. The van der Waals surface area contributed by atoms with Gasteiger partial charge in [0.2, 0.25) is 5.88 Å². The number of aromatic nitrogens is 4. The maximum absolute atomic E-state index is 5.30. The summed E-state index contributed by atoms with van der Waals surface area (Å²) in [6.07, 6.45) is 3.66. The molecular formula is C13H12N4OS. The number of hydrogen-bond donors (Lipinski definition) is 0. The van der Waals surface area contributed by atoms with E-state index in [0.717, 1.165) is 16.7 Å². The highest BCUT2D eigenvalue weighted by molar-refractivity contribution is 7.98. The van der Waals surface area contributed by atoms with E-state index in [9.17, 15) is 0 Å². The summed E-state index contributed by atoms with van der Waals surface area (Å²) in [6.45, 7) is 0. The lowest BCUT2D eigenvalue weighted by atomic mass is 10.3. The molecule has 0 N–H and O–H groups in total. The first-order chi connectivity index (χ1) is 9.33. The van der Waals surface area contributed by atoms with Crippen LogP contribution in [0.1, 0.15) is 0 Å². The van der Waals surface area contributed by atoms with E-state index in [1.165, 1.54) is 11.8 Å². The maximum Gasteiger partial charge on any atom is 0.228 e. The first-order valence-corrected chi connectivity index (χ1v) is 6.95. The standard InChI is InChI=1S/C13H12N4OS/c1-18-12-10-8-14-17(9-6-4-3-5-7-9)11(10)15-13(16-12)19-2/h3-8H,1-2H3. The normalized spacial score (nSPS) is 10.8. The van der Waals surface area contributed by atoms with E-state index in [4.69, 9.17) is 4.74 Å². The Hall–Kier alpha value is -2.08. The summed E-state index contributed by atoms with van der Waals surface area (Å²) in [6, 6.07) is 9.88. The molecule has 0 spiro atoms. The van der Waals surface area contributed by atoms with E-state index in [1.54, 1.807) is 18.0 Å². The van der Waals surface area contributed by atoms with Gasteiger partial charge >= 0.3 is 0 Å². The van der Waals surface area contributed by atoms with Gasteiger partial charge < -0.3 is 4.74 Å². The highest BCUT2D eigenvalue weighted by Gasteiger charge is 2.13. The molecule has 6 heteroatoms. The third-order valence-electron chi connectivity index (χ3n) is 2.75. The van der Waals surface area contributed by atoms with Crippen molar-refractivity contribution in [2.75, 3.05) is 13.4 Å². The van der Waals surface area contributed by atoms with Crippen LogP contribution < -0.4 is 4.74 Å². The molecule has 0 aliphatic heterocycles. The quantitative estimate of drug-likeness (QED) is 0.542. The highest BCUT2D eigenvalue weighted by Crippen LogP contribution is 2.26. The van der Waals surface area contributed by atoms with Crippen LogP contribution in [0.4, 0.5) is 0 Å². The summed E-state index contributed by atoms with van der Waals surface area (Å²) >= 11 is 1.48. The Morgan fingerprint density at radius 3 is 2.63 bits per heavy atom. The van der Waals surface area contributed by atoms with Crippen molar-refractivity contribution in [3.63, 3.8) is 0 Å². The number of ether oxygens (including phenoxy) is 1. The van der Waals surface area contributed by atoms with Gasteiger partial charge in [-0.25, -0.2) is 9.67 Å². The van der Waals surface area contributed by atoms with Crippen LogP contribution in [-0.2, 0) is 0 Å². The topological polar surface area (TPSA) is 52.8 Å². The molecule has 0 fully saturated rings. The minimum Gasteiger partial charge on any atom is -0.480 e. The number of nitrogens with zero attached hydrogens (tertiary/aromatic N) is 4. The third-order valence-corrected chi connectivity index (χ3v) is 3.30. The number of thioether (sulfide) groups is 1. The molecule has 0 aliphatic rings. The fraction of sp³-hybridized carbons (Fsp3) is 0.154. The van der Waals surface area contributed by atoms with Crippen LogP contribution in [0, 0.1) is 0 Å². The number of para-hydroxylation sites is 1. The monoisotopic (exact) mass is 272 g/mol. The Bertz CT molecular complexity index is 711. The van der Waals surface area contributed by atoms with Crippen molar-refractivity contribution >= 4 is 22.8 Å². The zero-order valence-electron chi connectivity index (χ0n) is 10.6. The second-order valence-electron chi connectivity index (χ2n) is 3.85. The highest BCUT2D eigenvalue weighted by atomic mass is 32.2. The molecule has 0 aliphatic carbocycles. The first kappa shape index (κ1) is 12.0. The van der Waals surface area contributed by atoms with Gasteiger partial charge in [0.1, 0.15) is 5.39 Å². The molecular weight excluding hydrogens is 260 g/mol. The summed E-state index contributed by atoms with van der Waals surface area (Å²) in [5.41, 5.74) is 1.72. The van der Waals surface area contributed by atoms with Crippen molar-refractivity contribution in [3.05, 3.63) is 36.5 Å².